The fourth-order valence-electron chi connectivity index (χ4n) is 5.02. The topological polar surface area (TPSA) is 76.6 Å². The third kappa shape index (κ3) is 2.53. The number of aliphatic hydroxyl groups is 1. The van der Waals surface area contributed by atoms with Gasteiger partial charge >= 0.3 is 0 Å². The van der Waals surface area contributed by atoms with Crippen molar-refractivity contribution in [2.45, 2.75) is 18.4 Å². The van der Waals surface area contributed by atoms with Gasteiger partial charge in [-0.2, -0.15) is 0 Å². The third-order valence-electron chi connectivity index (χ3n) is 6.47. The SMILES string of the molecule is C[C@]12C(=O)N(CCO)CC(=O)N1CC(c1ccccc1Cl)c1c2[nH]c2ccccc12. The summed E-state index contributed by atoms with van der Waals surface area (Å²) in [6, 6.07) is 15.6. The largest absolute Gasteiger partial charge is 0.395 e. The van der Waals surface area contributed by atoms with Crippen molar-refractivity contribution in [1.29, 1.82) is 0 Å². The highest BCUT2D eigenvalue weighted by molar-refractivity contribution is 6.31. The van der Waals surface area contributed by atoms with Crippen molar-refractivity contribution in [3.63, 3.8) is 0 Å². The first-order valence-corrected chi connectivity index (χ1v) is 10.4. The normalized spacial score (nSPS) is 23.6. The van der Waals surface area contributed by atoms with Crippen molar-refractivity contribution in [3.8, 4) is 0 Å². The van der Waals surface area contributed by atoms with Crippen LogP contribution in [0.15, 0.2) is 48.5 Å². The molecule has 1 fully saturated rings. The Kier molecular flexibility index (Phi) is 4.38. The summed E-state index contributed by atoms with van der Waals surface area (Å²) in [5.74, 6) is -0.465. The number of hydrogen-bond donors (Lipinski definition) is 2. The van der Waals surface area contributed by atoms with Crippen LogP contribution in [-0.2, 0) is 15.1 Å². The maximum atomic E-state index is 13.5. The van der Waals surface area contributed by atoms with E-state index in [2.05, 4.69) is 4.98 Å². The predicted octanol–water partition coefficient (Wildman–Crippen LogP) is 2.85. The van der Waals surface area contributed by atoms with E-state index in [9.17, 15) is 14.7 Å². The molecule has 0 bridgehead atoms. The summed E-state index contributed by atoms with van der Waals surface area (Å²) in [5, 5.41) is 11.1. The minimum atomic E-state index is -1.16. The summed E-state index contributed by atoms with van der Waals surface area (Å²) < 4.78 is 0. The van der Waals surface area contributed by atoms with Gasteiger partial charge in [0.1, 0.15) is 0 Å². The highest BCUT2D eigenvalue weighted by atomic mass is 35.5. The molecule has 0 aliphatic carbocycles. The number of H-pyrrole nitrogens is 1. The molecule has 0 saturated carbocycles. The molecule has 1 aromatic heterocycles. The van der Waals surface area contributed by atoms with Crippen LogP contribution in [0.5, 0.6) is 0 Å². The minimum absolute atomic E-state index is 0.0280. The first kappa shape index (κ1) is 19.2. The molecule has 5 rings (SSSR count). The van der Waals surface area contributed by atoms with Crippen molar-refractivity contribution in [3.05, 3.63) is 70.4 Å². The number of para-hydroxylation sites is 1. The standard InChI is InChI=1S/C23H22ClN3O3/c1-23-21-20(15-7-3-5-9-18(15)25-21)16(14-6-2-4-8-17(14)24)12-27(23)19(29)13-26(10-11-28)22(23)30/h2-9,16,25,28H,10-13H2,1H3/t16?,23-/m0/s1. The van der Waals surface area contributed by atoms with Crippen LogP contribution in [0.4, 0.5) is 0 Å². The number of aromatic amines is 1. The molecule has 154 valence electrons. The van der Waals surface area contributed by atoms with Gasteiger partial charge in [0.15, 0.2) is 5.54 Å². The Morgan fingerprint density at radius 3 is 2.67 bits per heavy atom. The number of aliphatic hydroxyl groups excluding tert-OH is 1. The van der Waals surface area contributed by atoms with Crippen molar-refractivity contribution in [2.75, 3.05) is 26.2 Å². The summed E-state index contributed by atoms with van der Waals surface area (Å²) in [6.45, 7) is 2.09. The highest BCUT2D eigenvalue weighted by Gasteiger charge is 2.56. The molecule has 7 heteroatoms. The van der Waals surface area contributed by atoms with Crippen LogP contribution in [0.25, 0.3) is 10.9 Å². The first-order valence-electron chi connectivity index (χ1n) is 10.0. The maximum Gasteiger partial charge on any atom is 0.255 e. The number of benzene rings is 2. The van der Waals surface area contributed by atoms with Crippen LogP contribution in [0.2, 0.25) is 5.02 Å². The molecule has 2 aliphatic heterocycles. The van der Waals surface area contributed by atoms with Gasteiger partial charge in [-0.25, -0.2) is 0 Å². The van der Waals surface area contributed by atoms with Gasteiger partial charge in [0.2, 0.25) is 5.91 Å². The van der Waals surface area contributed by atoms with Gasteiger partial charge in [0, 0.05) is 34.9 Å². The fraction of sp³-hybridized carbons (Fsp3) is 0.304. The molecule has 2 N–H and O–H groups in total. The number of amides is 2. The van der Waals surface area contributed by atoms with Gasteiger partial charge < -0.3 is 19.9 Å². The predicted molar refractivity (Wildman–Crippen MR) is 114 cm³/mol. The summed E-state index contributed by atoms with van der Waals surface area (Å²) in [4.78, 5) is 33.3. The van der Waals surface area contributed by atoms with Crippen LogP contribution in [0, 0.1) is 0 Å². The maximum absolute atomic E-state index is 13.5. The highest BCUT2D eigenvalue weighted by Crippen LogP contribution is 2.48. The number of hydrogen-bond acceptors (Lipinski definition) is 3. The molecule has 2 aliphatic rings. The Balaban J connectivity index is 1.78. The zero-order valence-corrected chi connectivity index (χ0v) is 17.3. The zero-order chi connectivity index (χ0) is 21.0. The van der Waals surface area contributed by atoms with Gasteiger partial charge in [-0.15, -0.1) is 0 Å². The van der Waals surface area contributed by atoms with E-state index >= 15 is 0 Å². The number of aromatic nitrogens is 1. The monoisotopic (exact) mass is 423 g/mol. The number of halogens is 1. The smallest absolute Gasteiger partial charge is 0.255 e. The lowest BCUT2D eigenvalue weighted by atomic mass is 9.76. The second kappa shape index (κ2) is 6.86. The second-order valence-electron chi connectivity index (χ2n) is 8.06. The quantitative estimate of drug-likeness (QED) is 0.680. The van der Waals surface area contributed by atoms with Gasteiger partial charge in [0.05, 0.1) is 18.8 Å². The molecule has 2 aromatic carbocycles. The van der Waals surface area contributed by atoms with Crippen LogP contribution in [-0.4, -0.2) is 57.9 Å². The Bertz CT molecular complexity index is 1170. The fourth-order valence-corrected chi connectivity index (χ4v) is 5.28. The van der Waals surface area contributed by atoms with E-state index in [4.69, 9.17) is 11.6 Å². The zero-order valence-electron chi connectivity index (χ0n) is 16.6. The van der Waals surface area contributed by atoms with E-state index in [1.54, 1.807) is 11.8 Å². The van der Waals surface area contributed by atoms with E-state index in [0.717, 1.165) is 27.7 Å². The summed E-state index contributed by atoms with van der Waals surface area (Å²) >= 11 is 6.56. The Hall–Kier alpha value is -2.83. The van der Waals surface area contributed by atoms with Crippen molar-refractivity contribution >= 4 is 34.3 Å². The van der Waals surface area contributed by atoms with Crippen LogP contribution < -0.4 is 0 Å². The average molecular weight is 424 g/mol. The van der Waals surface area contributed by atoms with Crippen molar-refractivity contribution in [1.82, 2.24) is 14.8 Å². The van der Waals surface area contributed by atoms with Crippen LogP contribution in [0.1, 0.15) is 29.7 Å². The van der Waals surface area contributed by atoms with Crippen LogP contribution in [0.3, 0.4) is 0 Å². The first-order chi connectivity index (χ1) is 14.5. The number of fused-ring (bicyclic) bond motifs is 5. The van der Waals surface area contributed by atoms with Crippen molar-refractivity contribution < 1.29 is 14.7 Å². The number of rotatable bonds is 3. The van der Waals surface area contributed by atoms with Crippen LogP contribution >= 0.6 is 11.6 Å². The molecular formula is C23H22ClN3O3. The molecule has 2 amide bonds. The molecule has 1 unspecified atom stereocenters. The molecule has 0 spiro atoms. The molecule has 1 saturated heterocycles. The van der Waals surface area contributed by atoms with E-state index in [1.807, 2.05) is 48.5 Å². The number of carbonyl (C=O) groups excluding carboxylic acids is 2. The summed E-state index contributed by atoms with van der Waals surface area (Å²) in [7, 11) is 0. The van der Waals surface area contributed by atoms with E-state index < -0.39 is 5.54 Å². The lowest BCUT2D eigenvalue weighted by Crippen LogP contribution is -2.67. The Labute approximate surface area is 179 Å². The Morgan fingerprint density at radius 2 is 1.90 bits per heavy atom. The molecule has 2 atom stereocenters. The third-order valence-corrected chi connectivity index (χ3v) is 6.81. The van der Waals surface area contributed by atoms with E-state index in [-0.39, 0.29) is 37.4 Å². The molecule has 6 nitrogen and oxygen atoms in total. The number of β-amino-alcohol motifs (C(OH)–C–C–N with tert-alkyl or cyclic N) is 1. The second-order valence-corrected chi connectivity index (χ2v) is 8.47. The van der Waals surface area contributed by atoms with Gasteiger partial charge in [-0.05, 0) is 30.2 Å². The number of nitrogens with one attached hydrogen (secondary N) is 1. The van der Waals surface area contributed by atoms with Gasteiger partial charge in [-0.1, -0.05) is 48.0 Å². The number of nitrogens with zero attached hydrogens (tertiary/aromatic N) is 2. The average Bonchev–Trinajstić information content (AvgIpc) is 3.14. The van der Waals surface area contributed by atoms with E-state index in [0.29, 0.717) is 11.6 Å². The number of piperazine rings is 1. The molecule has 3 aromatic rings. The summed E-state index contributed by atoms with van der Waals surface area (Å²) in [6.07, 6.45) is 0. The molecule has 30 heavy (non-hydrogen) atoms. The molecule has 0 radical (unpaired) electrons. The van der Waals surface area contributed by atoms with Gasteiger partial charge in [0.25, 0.3) is 5.91 Å². The van der Waals surface area contributed by atoms with E-state index in [1.165, 1.54) is 4.90 Å². The number of carbonyl (C=O) groups is 2. The Morgan fingerprint density at radius 1 is 1.17 bits per heavy atom. The molecular weight excluding hydrogens is 402 g/mol. The lowest BCUT2D eigenvalue weighted by Gasteiger charge is -2.51. The van der Waals surface area contributed by atoms with Gasteiger partial charge in [-0.3, -0.25) is 9.59 Å². The lowest BCUT2D eigenvalue weighted by molar-refractivity contribution is -0.166. The molecule has 3 heterocycles. The summed E-state index contributed by atoms with van der Waals surface area (Å²) in [5.41, 5.74) is 2.43. The van der Waals surface area contributed by atoms with Crippen molar-refractivity contribution in [2.24, 2.45) is 0 Å². The minimum Gasteiger partial charge on any atom is -0.395 e.